The van der Waals surface area contributed by atoms with E-state index in [0.29, 0.717) is 5.69 Å². The fourth-order valence-electron chi connectivity index (χ4n) is 3.01. The summed E-state index contributed by atoms with van der Waals surface area (Å²) in [6.07, 6.45) is 1.23. The van der Waals surface area contributed by atoms with Crippen LogP contribution in [0.3, 0.4) is 0 Å². The van der Waals surface area contributed by atoms with E-state index in [4.69, 9.17) is 0 Å². The number of hydrogen-bond acceptors (Lipinski definition) is 4. The van der Waals surface area contributed by atoms with Gasteiger partial charge in [-0.3, -0.25) is 4.68 Å². The van der Waals surface area contributed by atoms with Gasteiger partial charge in [0.05, 0.1) is 17.6 Å². The lowest BCUT2D eigenvalue weighted by atomic mass is 9.97. The molecule has 0 radical (unpaired) electrons. The molecule has 0 saturated heterocycles. The SMILES string of the molecule is Cc1cc(-c2cc(-n3nncc3C(=O)O)ccc2-c2ccccc2)nn1C. The molecule has 27 heavy (non-hydrogen) atoms. The first-order valence-electron chi connectivity index (χ1n) is 8.39. The summed E-state index contributed by atoms with van der Waals surface area (Å²) in [7, 11) is 1.89. The van der Waals surface area contributed by atoms with Crippen LogP contribution in [0.25, 0.3) is 28.1 Å². The van der Waals surface area contributed by atoms with Gasteiger partial charge in [-0.1, -0.05) is 41.6 Å². The number of benzene rings is 2. The third kappa shape index (κ3) is 2.99. The van der Waals surface area contributed by atoms with Gasteiger partial charge in [-0.25, -0.2) is 9.48 Å². The normalized spacial score (nSPS) is 10.9. The molecule has 2 aromatic carbocycles. The van der Waals surface area contributed by atoms with Crippen LogP contribution in [0, 0.1) is 6.92 Å². The van der Waals surface area contributed by atoms with Crippen LogP contribution in [0.15, 0.2) is 60.8 Å². The molecule has 0 aliphatic carbocycles. The van der Waals surface area contributed by atoms with Crippen LogP contribution < -0.4 is 0 Å². The van der Waals surface area contributed by atoms with Crippen LogP contribution in [-0.4, -0.2) is 35.9 Å². The van der Waals surface area contributed by atoms with Crippen LogP contribution >= 0.6 is 0 Å². The highest BCUT2D eigenvalue weighted by Crippen LogP contribution is 2.33. The summed E-state index contributed by atoms with van der Waals surface area (Å²) in [6.45, 7) is 1.99. The molecule has 134 valence electrons. The van der Waals surface area contributed by atoms with Crippen molar-refractivity contribution in [3.63, 3.8) is 0 Å². The second-order valence-electron chi connectivity index (χ2n) is 6.23. The number of carboxylic acid groups (broad SMARTS) is 1. The summed E-state index contributed by atoms with van der Waals surface area (Å²) >= 11 is 0. The summed E-state index contributed by atoms with van der Waals surface area (Å²) < 4.78 is 3.13. The van der Waals surface area contributed by atoms with E-state index < -0.39 is 5.97 Å². The third-order valence-electron chi connectivity index (χ3n) is 4.49. The number of rotatable bonds is 4. The number of carboxylic acids is 1. The van der Waals surface area contributed by atoms with E-state index in [1.807, 2.05) is 73.3 Å². The number of carbonyl (C=O) groups is 1. The molecule has 0 fully saturated rings. The second kappa shape index (κ2) is 6.53. The lowest BCUT2D eigenvalue weighted by Gasteiger charge is -2.11. The minimum atomic E-state index is -1.08. The highest BCUT2D eigenvalue weighted by Gasteiger charge is 2.17. The standard InChI is InChI=1S/C20H17N5O2/c1-13-10-18(22-24(13)2)17-11-15(25-19(20(26)27)12-21-23-25)8-9-16(17)14-6-4-3-5-7-14/h3-12H,1-2H3,(H,26,27). The largest absolute Gasteiger partial charge is 0.476 e. The summed E-state index contributed by atoms with van der Waals surface area (Å²) in [5.74, 6) is -1.08. The highest BCUT2D eigenvalue weighted by atomic mass is 16.4. The van der Waals surface area contributed by atoms with E-state index in [1.165, 1.54) is 10.9 Å². The molecule has 0 atom stereocenters. The van der Waals surface area contributed by atoms with Gasteiger partial charge in [0.15, 0.2) is 5.69 Å². The first-order valence-corrected chi connectivity index (χ1v) is 8.39. The van der Waals surface area contributed by atoms with Crippen LogP contribution in [0.5, 0.6) is 0 Å². The van der Waals surface area contributed by atoms with Crippen molar-refractivity contribution < 1.29 is 9.90 Å². The van der Waals surface area contributed by atoms with Crippen LogP contribution in [0.4, 0.5) is 0 Å². The second-order valence-corrected chi connectivity index (χ2v) is 6.23. The molecule has 2 heterocycles. The van der Waals surface area contributed by atoms with Gasteiger partial charge in [0.2, 0.25) is 0 Å². The molecular formula is C20H17N5O2. The van der Waals surface area contributed by atoms with Gasteiger partial charge in [-0.2, -0.15) is 5.10 Å². The van der Waals surface area contributed by atoms with Gasteiger partial charge in [0.1, 0.15) is 0 Å². The number of nitrogens with zero attached hydrogens (tertiary/aromatic N) is 5. The first kappa shape index (κ1) is 16.7. The van der Waals surface area contributed by atoms with Gasteiger partial charge < -0.3 is 5.11 Å². The smallest absolute Gasteiger partial charge is 0.356 e. The van der Waals surface area contributed by atoms with Crippen LogP contribution in [0.1, 0.15) is 16.2 Å². The lowest BCUT2D eigenvalue weighted by molar-refractivity contribution is 0.0687. The molecule has 0 unspecified atom stereocenters. The van der Waals surface area contributed by atoms with Crippen molar-refractivity contribution in [3.8, 4) is 28.1 Å². The molecule has 2 aromatic heterocycles. The molecule has 7 nitrogen and oxygen atoms in total. The van der Waals surface area contributed by atoms with E-state index in [-0.39, 0.29) is 5.69 Å². The quantitative estimate of drug-likeness (QED) is 0.604. The van der Waals surface area contributed by atoms with E-state index >= 15 is 0 Å². The summed E-state index contributed by atoms with van der Waals surface area (Å²) in [4.78, 5) is 11.4. The Hall–Kier alpha value is -3.74. The Bertz CT molecular complexity index is 1110. The topological polar surface area (TPSA) is 85.8 Å². The maximum absolute atomic E-state index is 11.4. The highest BCUT2D eigenvalue weighted by molar-refractivity contribution is 5.87. The van der Waals surface area contributed by atoms with Crippen molar-refractivity contribution >= 4 is 5.97 Å². The summed E-state index contributed by atoms with van der Waals surface area (Å²) in [6, 6.07) is 17.7. The Morgan fingerprint density at radius 1 is 1.04 bits per heavy atom. The summed E-state index contributed by atoms with van der Waals surface area (Å²) in [5.41, 5.74) is 5.42. The number of hydrogen-bond donors (Lipinski definition) is 1. The van der Waals surface area contributed by atoms with Gasteiger partial charge in [0.25, 0.3) is 0 Å². The van der Waals surface area contributed by atoms with Crippen molar-refractivity contribution in [2.24, 2.45) is 7.05 Å². The zero-order valence-corrected chi connectivity index (χ0v) is 14.9. The van der Waals surface area contributed by atoms with Crippen LogP contribution in [0.2, 0.25) is 0 Å². The van der Waals surface area contributed by atoms with Crippen molar-refractivity contribution in [1.29, 1.82) is 0 Å². The van der Waals surface area contributed by atoms with E-state index in [9.17, 15) is 9.90 Å². The summed E-state index contributed by atoms with van der Waals surface area (Å²) in [5, 5.41) is 21.6. The Balaban J connectivity index is 1.94. The van der Waals surface area contributed by atoms with Crippen molar-refractivity contribution in [2.75, 3.05) is 0 Å². The Morgan fingerprint density at radius 3 is 2.48 bits per heavy atom. The number of aromatic nitrogens is 5. The van der Waals surface area contributed by atoms with E-state index in [2.05, 4.69) is 15.4 Å². The Labute approximate surface area is 155 Å². The minimum Gasteiger partial charge on any atom is -0.476 e. The number of aromatic carboxylic acids is 1. The Morgan fingerprint density at radius 2 is 1.81 bits per heavy atom. The molecule has 0 bridgehead atoms. The lowest BCUT2D eigenvalue weighted by Crippen LogP contribution is -2.08. The minimum absolute atomic E-state index is 0.00520. The van der Waals surface area contributed by atoms with E-state index in [0.717, 1.165) is 28.1 Å². The number of aryl methyl sites for hydroxylation is 2. The van der Waals surface area contributed by atoms with Crippen molar-refractivity contribution in [1.82, 2.24) is 24.8 Å². The molecule has 0 saturated carbocycles. The van der Waals surface area contributed by atoms with Crippen LogP contribution in [-0.2, 0) is 7.05 Å². The first-order chi connectivity index (χ1) is 13.0. The molecule has 0 spiro atoms. The Kier molecular flexibility index (Phi) is 4.04. The fraction of sp³-hybridized carbons (Fsp3) is 0.100. The zero-order valence-electron chi connectivity index (χ0n) is 14.9. The molecule has 0 aliphatic rings. The molecule has 1 N–H and O–H groups in total. The predicted octanol–water partition coefficient (Wildman–Crippen LogP) is 3.34. The van der Waals surface area contributed by atoms with E-state index in [1.54, 1.807) is 0 Å². The monoisotopic (exact) mass is 359 g/mol. The predicted molar refractivity (Wildman–Crippen MR) is 101 cm³/mol. The maximum Gasteiger partial charge on any atom is 0.356 e. The zero-order chi connectivity index (χ0) is 19.0. The third-order valence-corrected chi connectivity index (χ3v) is 4.49. The van der Waals surface area contributed by atoms with Gasteiger partial charge >= 0.3 is 5.97 Å². The maximum atomic E-state index is 11.4. The average molecular weight is 359 g/mol. The van der Waals surface area contributed by atoms with Gasteiger partial charge in [-0.15, -0.1) is 5.10 Å². The van der Waals surface area contributed by atoms with Crippen molar-refractivity contribution in [2.45, 2.75) is 6.92 Å². The molecular weight excluding hydrogens is 342 g/mol. The fourth-order valence-corrected chi connectivity index (χ4v) is 3.01. The average Bonchev–Trinajstić information content (AvgIpc) is 3.29. The van der Waals surface area contributed by atoms with Gasteiger partial charge in [0, 0.05) is 18.3 Å². The van der Waals surface area contributed by atoms with Gasteiger partial charge in [-0.05, 0) is 36.2 Å². The molecule has 7 heteroatoms. The molecule has 0 aliphatic heterocycles. The molecule has 4 aromatic rings. The van der Waals surface area contributed by atoms with Crippen molar-refractivity contribution in [3.05, 3.63) is 72.2 Å². The molecule has 4 rings (SSSR count). The molecule has 0 amide bonds.